The summed E-state index contributed by atoms with van der Waals surface area (Å²) in [5.41, 5.74) is 0.582. The molecule has 0 aliphatic rings. The fraction of sp³-hybridized carbons (Fsp3) is 0.250. The summed E-state index contributed by atoms with van der Waals surface area (Å²) in [6, 6.07) is 13.4. The molecular weight excluding hydrogens is 403 g/mol. The number of nitrogens with zero attached hydrogens (tertiary/aromatic N) is 2. The minimum absolute atomic E-state index is 0.0932. The van der Waals surface area contributed by atoms with Crippen molar-refractivity contribution < 1.29 is 21.6 Å². The van der Waals surface area contributed by atoms with Gasteiger partial charge in [0.15, 0.2) is 5.69 Å². The highest BCUT2D eigenvalue weighted by molar-refractivity contribution is 7.92. The highest BCUT2D eigenvalue weighted by atomic mass is 32.2. The van der Waals surface area contributed by atoms with Gasteiger partial charge in [-0.1, -0.05) is 32.9 Å². The van der Waals surface area contributed by atoms with E-state index in [-0.39, 0.29) is 16.0 Å². The van der Waals surface area contributed by atoms with Crippen LogP contribution in [0.1, 0.15) is 32.0 Å². The fourth-order valence-electron chi connectivity index (χ4n) is 2.65. The molecule has 1 heterocycles. The lowest BCUT2D eigenvalue weighted by Crippen LogP contribution is -2.15. The Balaban J connectivity index is 1.77. The minimum Gasteiger partial charge on any atom is -0.280 e. The number of sulfonamides is 1. The van der Waals surface area contributed by atoms with Crippen molar-refractivity contribution in [2.75, 3.05) is 4.72 Å². The number of alkyl halides is 3. The third-order valence-electron chi connectivity index (χ3n) is 4.29. The van der Waals surface area contributed by atoms with Gasteiger partial charge in [-0.05, 0) is 53.4 Å². The lowest BCUT2D eigenvalue weighted by atomic mass is 9.87. The SMILES string of the molecule is CC(C)(C)c1ccc(S(=O)(=O)Nc2ccc(-n3ccc(C(F)(F)F)n3)cc2)cc1. The standard InChI is InChI=1S/C20H20F3N3O2S/c1-19(2,3)14-4-10-17(11-5-14)29(27,28)25-15-6-8-16(9-7-15)26-13-12-18(24-26)20(21,22)23/h4-13,25H,1-3H3. The molecule has 3 aromatic rings. The Morgan fingerprint density at radius 1 is 0.897 bits per heavy atom. The van der Waals surface area contributed by atoms with E-state index in [0.717, 1.165) is 16.3 Å². The van der Waals surface area contributed by atoms with E-state index >= 15 is 0 Å². The summed E-state index contributed by atoms with van der Waals surface area (Å²) >= 11 is 0. The maximum Gasteiger partial charge on any atom is 0.435 e. The summed E-state index contributed by atoms with van der Waals surface area (Å²) in [5, 5.41) is 3.48. The van der Waals surface area contributed by atoms with Gasteiger partial charge in [0.25, 0.3) is 10.0 Å². The Morgan fingerprint density at radius 3 is 1.97 bits per heavy atom. The van der Waals surface area contributed by atoms with Crippen molar-refractivity contribution in [3.8, 4) is 5.69 Å². The van der Waals surface area contributed by atoms with Crippen LogP contribution in [0.4, 0.5) is 18.9 Å². The first-order chi connectivity index (χ1) is 13.4. The lowest BCUT2D eigenvalue weighted by Gasteiger charge is -2.19. The molecule has 5 nitrogen and oxygen atoms in total. The molecule has 0 saturated carbocycles. The molecule has 0 spiro atoms. The predicted octanol–water partition coefficient (Wildman–Crippen LogP) is 4.99. The van der Waals surface area contributed by atoms with Crippen molar-refractivity contribution >= 4 is 15.7 Å². The van der Waals surface area contributed by atoms with Gasteiger partial charge in [0.1, 0.15) is 0 Å². The van der Waals surface area contributed by atoms with Crippen molar-refractivity contribution in [1.82, 2.24) is 9.78 Å². The first-order valence-electron chi connectivity index (χ1n) is 8.73. The molecule has 0 aliphatic heterocycles. The number of rotatable bonds is 4. The summed E-state index contributed by atoms with van der Waals surface area (Å²) in [6.45, 7) is 6.11. The molecule has 0 saturated heterocycles. The van der Waals surface area contributed by atoms with E-state index in [1.165, 1.54) is 30.5 Å². The van der Waals surface area contributed by atoms with Gasteiger partial charge >= 0.3 is 6.18 Å². The van der Waals surface area contributed by atoms with Gasteiger partial charge in [0.05, 0.1) is 10.6 Å². The second-order valence-electron chi connectivity index (χ2n) is 7.57. The number of halogens is 3. The van der Waals surface area contributed by atoms with E-state index in [1.807, 2.05) is 20.8 Å². The Bertz CT molecular complexity index is 1100. The van der Waals surface area contributed by atoms with Crippen LogP contribution in [0.25, 0.3) is 5.69 Å². The zero-order valence-corrected chi connectivity index (χ0v) is 16.8. The molecule has 1 N–H and O–H groups in total. The van der Waals surface area contributed by atoms with Crippen LogP contribution in [0.5, 0.6) is 0 Å². The average Bonchev–Trinajstić information content (AvgIpc) is 3.12. The number of benzene rings is 2. The van der Waals surface area contributed by atoms with Gasteiger partial charge in [-0.3, -0.25) is 4.72 Å². The third-order valence-corrected chi connectivity index (χ3v) is 5.69. The van der Waals surface area contributed by atoms with Gasteiger partial charge < -0.3 is 0 Å². The molecule has 2 aromatic carbocycles. The second kappa shape index (κ2) is 7.22. The van der Waals surface area contributed by atoms with Crippen molar-refractivity contribution in [2.24, 2.45) is 0 Å². The molecule has 0 bridgehead atoms. The van der Waals surface area contributed by atoms with Gasteiger partial charge in [-0.15, -0.1) is 0 Å². The largest absolute Gasteiger partial charge is 0.435 e. The summed E-state index contributed by atoms with van der Waals surface area (Å²) in [7, 11) is -3.79. The summed E-state index contributed by atoms with van der Waals surface area (Å²) in [4.78, 5) is 0.122. The predicted molar refractivity (Wildman–Crippen MR) is 105 cm³/mol. The van der Waals surface area contributed by atoms with E-state index in [2.05, 4.69) is 9.82 Å². The third kappa shape index (κ3) is 4.79. The van der Waals surface area contributed by atoms with Crippen LogP contribution in [0.2, 0.25) is 0 Å². The highest BCUT2D eigenvalue weighted by Crippen LogP contribution is 2.28. The van der Waals surface area contributed by atoms with E-state index in [0.29, 0.717) is 5.69 Å². The molecule has 154 valence electrons. The van der Waals surface area contributed by atoms with E-state index in [4.69, 9.17) is 0 Å². The maximum absolute atomic E-state index is 12.7. The van der Waals surface area contributed by atoms with E-state index in [9.17, 15) is 21.6 Å². The molecule has 0 unspecified atom stereocenters. The zero-order chi connectivity index (χ0) is 21.4. The van der Waals surface area contributed by atoms with Gasteiger partial charge in [0.2, 0.25) is 0 Å². The number of anilines is 1. The van der Waals surface area contributed by atoms with Crippen molar-refractivity contribution in [3.63, 3.8) is 0 Å². The molecule has 0 radical (unpaired) electrons. The number of aromatic nitrogens is 2. The Labute approximate surface area is 167 Å². The molecule has 3 rings (SSSR count). The molecule has 0 aliphatic carbocycles. The summed E-state index contributed by atoms with van der Waals surface area (Å²) in [5.74, 6) is 0. The summed E-state index contributed by atoms with van der Waals surface area (Å²) in [6.07, 6.45) is -3.33. The van der Waals surface area contributed by atoms with Crippen LogP contribution in [0.15, 0.2) is 65.7 Å². The number of hydrogen-bond donors (Lipinski definition) is 1. The monoisotopic (exact) mass is 423 g/mol. The summed E-state index contributed by atoms with van der Waals surface area (Å²) < 4.78 is 66.7. The van der Waals surface area contributed by atoms with Gasteiger partial charge in [0, 0.05) is 11.9 Å². The fourth-order valence-corrected chi connectivity index (χ4v) is 3.71. The normalized spacial score (nSPS) is 12.8. The van der Waals surface area contributed by atoms with Crippen LogP contribution >= 0.6 is 0 Å². The molecule has 1 aromatic heterocycles. The van der Waals surface area contributed by atoms with Gasteiger partial charge in [-0.2, -0.15) is 18.3 Å². The van der Waals surface area contributed by atoms with Gasteiger partial charge in [-0.25, -0.2) is 13.1 Å². The second-order valence-corrected chi connectivity index (χ2v) is 9.25. The Kier molecular flexibility index (Phi) is 5.20. The van der Waals surface area contributed by atoms with E-state index < -0.39 is 21.9 Å². The van der Waals surface area contributed by atoms with Crippen molar-refractivity contribution in [1.29, 1.82) is 0 Å². The molecule has 29 heavy (non-hydrogen) atoms. The first kappa shape index (κ1) is 20.9. The van der Waals surface area contributed by atoms with Crippen LogP contribution < -0.4 is 4.72 Å². The Hall–Kier alpha value is -2.81. The molecule has 0 amide bonds. The van der Waals surface area contributed by atoms with Crippen molar-refractivity contribution in [2.45, 2.75) is 37.3 Å². The van der Waals surface area contributed by atoms with E-state index in [1.54, 1.807) is 24.3 Å². The quantitative estimate of drug-likeness (QED) is 0.643. The zero-order valence-electron chi connectivity index (χ0n) is 16.0. The maximum atomic E-state index is 12.7. The number of hydrogen-bond acceptors (Lipinski definition) is 3. The van der Waals surface area contributed by atoms with Crippen LogP contribution in [-0.2, 0) is 21.6 Å². The molecular formula is C20H20F3N3O2S. The smallest absolute Gasteiger partial charge is 0.280 e. The lowest BCUT2D eigenvalue weighted by molar-refractivity contribution is -0.141. The minimum atomic E-state index is -4.52. The Morgan fingerprint density at radius 2 is 1.48 bits per heavy atom. The topological polar surface area (TPSA) is 64.0 Å². The van der Waals surface area contributed by atoms with Crippen LogP contribution in [0.3, 0.4) is 0 Å². The van der Waals surface area contributed by atoms with Crippen molar-refractivity contribution in [3.05, 3.63) is 72.1 Å². The molecule has 9 heteroatoms. The van der Waals surface area contributed by atoms with Crippen LogP contribution in [-0.4, -0.2) is 18.2 Å². The number of nitrogens with one attached hydrogen (secondary N) is 1. The molecule has 0 fully saturated rings. The average molecular weight is 423 g/mol. The van der Waals surface area contributed by atoms with Crippen LogP contribution in [0, 0.1) is 0 Å². The molecule has 0 atom stereocenters. The first-order valence-corrected chi connectivity index (χ1v) is 10.2. The highest BCUT2D eigenvalue weighted by Gasteiger charge is 2.33.